The van der Waals surface area contributed by atoms with Crippen LogP contribution in [0.2, 0.25) is 0 Å². The molecule has 3 rings (SSSR count). The fraction of sp³-hybridized carbons (Fsp3) is 0.800. The first-order valence-electron chi connectivity index (χ1n) is 7.69. The van der Waals surface area contributed by atoms with Gasteiger partial charge in [-0.05, 0) is 38.2 Å². The lowest BCUT2D eigenvalue weighted by Gasteiger charge is -2.14. The molecule has 0 amide bonds. The predicted octanol–water partition coefficient (Wildman–Crippen LogP) is 2.51. The summed E-state index contributed by atoms with van der Waals surface area (Å²) in [6.45, 7) is 5.01. The van der Waals surface area contributed by atoms with Crippen LogP contribution in [0.15, 0.2) is 12.3 Å². The van der Waals surface area contributed by atoms with Gasteiger partial charge in [0.2, 0.25) is 0 Å². The van der Waals surface area contributed by atoms with Crippen molar-refractivity contribution in [1.29, 1.82) is 0 Å². The van der Waals surface area contributed by atoms with Crippen LogP contribution in [0, 0.1) is 5.92 Å². The van der Waals surface area contributed by atoms with E-state index in [2.05, 4.69) is 29.2 Å². The molecule has 0 radical (unpaired) electrons. The van der Waals surface area contributed by atoms with Crippen molar-refractivity contribution in [3.8, 4) is 0 Å². The van der Waals surface area contributed by atoms with Crippen molar-refractivity contribution in [2.45, 2.75) is 57.7 Å². The maximum absolute atomic E-state index is 5.58. The molecule has 1 aromatic rings. The molecule has 0 bridgehead atoms. The van der Waals surface area contributed by atoms with Crippen molar-refractivity contribution in [3.05, 3.63) is 18.0 Å². The van der Waals surface area contributed by atoms with Crippen LogP contribution in [-0.2, 0) is 11.3 Å². The highest BCUT2D eigenvalue weighted by molar-refractivity contribution is 5.00. The first-order chi connectivity index (χ1) is 9.33. The summed E-state index contributed by atoms with van der Waals surface area (Å²) in [6, 6.07) is 2.80. The minimum absolute atomic E-state index is 0.406. The Balaban J connectivity index is 1.45. The number of aromatic nitrogens is 2. The normalized spacial score (nSPS) is 28.3. The molecule has 2 heterocycles. The number of ether oxygens (including phenoxy) is 1. The maximum Gasteiger partial charge on any atom is 0.0762 e. The molecule has 2 aliphatic rings. The Morgan fingerprint density at radius 3 is 2.95 bits per heavy atom. The number of nitrogens with one attached hydrogen (secondary N) is 1. The molecule has 0 aromatic carbocycles. The van der Waals surface area contributed by atoms with Gasteiger partial charge in [0, 0.05) is 25.9 Å². The maximum atomic E-state index is 5.58. The van der Waals surface area contributed by atoms with E-state index in [1.807, 2.05) is 0 Å². The minimum atomic E-state index is 0.406. The Labute approximate surface area is 115 Å². The number of rotatable bonds is 5. The van der Waals surface area contributed by atoms with Crippen LogP contribution in [-0.4, -0.2) is 29.0 Å². The van der Waals surface area contributed by atoms with Crippen molar-refractivity contribution < 1.29 is 4.74 Å². The smallest absolute Gasteiger partial charge is 0.0762 e. The second-order valence-corrected chi connectivity index (χ2v) is 5.98. The quantitative estimate of drug-likeness (QED) is 0.887. The van der Waals surface area contributed by atoms with Crippen LogP contribution < -0.4 is 5.32 Å². The number of hydrogen-bond donors (Lipinski definition) is 1. The standard InChI is InChI=1S/C15H25N3O/c1-12-13(7-9-19-12)10-16-11-14-6-8-18(17-14)15-4-2-3-5-15/h6,8,12-13,15-16H,2-5,7,9-11H2,1H3. The zero-order valence-electron chi connectivity index (χ0n) is 11.8. The van der Waals surface area contributed by atoms with Crippen LogP contribution in [0.3, 0.4) is 0 Å². The SMILES string of the molecule is CC1OCCC1CNCc1ccn(C2CCCC2)n1. The lowest BCUT2D eigenvalue weighted by Crippen LogP contribution is -2.26. The summed E-state index contributed by atoms with van der Waals surface area (Å²) in [5.74, 6) is 0.664. The second kappa shape index (κ2) is 6.06. The van der Waals surface area contributed by atoms with Gasteiger partial charge in [-0.2, -0.15) is 5.10 Å². The molecule has 1 N–H and O–H groups in total. The molecule has 106 valence electrons. The highest BCUT2D eigenvalue weighted by Crippen LogP contribution is 2.28. The van der Waals surface area contributed by atoms with E-state index < -0.39 is 0 Å². The van der Waals surface area contributed by atoms with Gasteiger partial charge < -0.3 is 10.1 Å². The van der Waals surface area contributed by atoms with Gasteiger partial charge in [-0.3, -0.25) is 4.68 Å². The molecule has 4 heteroatoms. The average Bonchev–Trinajstić information content (AvgIpc) is 3.11. The molecule has 1 saturated heterocycles. The molecule has 19 heavy (non-hydrogen) atoms. The number of hydrogen-bond acceptors (Lipinski definition) is 3. The van der Waals surface area contributed by atoms with Gasteiger partial charge in [-0.1, -0.05) is 12.8 Å². The molecule has 1 aliphatic carbocycles. The van der Waals surface area contributed by atoms with E-state index in [9.17, 15) is 0 Å². The molecule has 1 aromatic heterocycles. The first-order valence-corrected chi connectivity index (χ1v) is 7.69. The van der Waals surface area contributed by atoms with Gasteiger partial charge >= 0.3 is 0 Å². The van der Waals surface area contributed by atoms with Crippen LogP contribution >= 0.6 is 0 Å². The van der Waals surface area contributed by atoms with Gasteiger partial charge in [0.1, 0.15) is 0 Å². The molecule has 0 spiro atoms. The minimum Gasteiger partial charge on any atom is -0.378 e. The van der Waals surface area contributed by atoms with Crippen molar-refractivity contribution in [2.75, 3.05) is 13.2 Å². The molecule has 1 aliphatic heterocycles. The lowest BCUT2D eigenvalue weighted by atomic mass is 10.0. The molecular formula is C15H25N3O. The fourth-order valence-electron chi connectivity index (χ4n) is 3.27. The van der Waals surface area contributed by atoms with Crippen molar-refractivity contribution in [2.24, 2.45) is 5.92 Å². The number of nitrogens with zero attached hydrogens (tertiary/aromatic N) is 2. The first kappa shape index (κ1) is 13.1. The van der Waals surface area contributed by atoms with E-state index >= 15 is 0 Å². The fourth-order valence-corrected chi connectivity index (χ4v) is 3.27. The molecule has 1 saturated carbocycles. The third kappa shape index (κ3) is 3.18. The summed E-state index contributed by atoms with van der Waals surface area (Å²) < 4.78 is 7.75. The summed E-state index contributed by atoms with van der Waals surface area (Å²) in [7, 11) is 0. The van der Waals surface area contributed by atoms with Gasteiger partial charge in [0.05, 0.1) is 17.8 Å². The van der Waals surface area contributed by atoms with Crippen molar-refractivity contribution in [1.82, 2.24) is 15.1 Å². The Kier molecular flexibility index (Phi) is 4.18. The van der Waals surface area contributed by atoms with Gasteiger partial charge in [-0.15, -0.1) is 0 Å². The largest absolute Gasteiger partial charge is 0.378 e. The third-order valence-electron chi connectivity index (χ3n) is 4.61. The van der Waals surface area contributed by atoms with E-state index in [1.165, 1.54) is 37.8 Å². The lowest BCUT2D eigenvalue weighted by molar-refractivity contribution is 0.105. The topological polar surface area (TPSA) is 39.1 Å². The second-order valence-electron chi connectivity index (χ2n) is 5.98. The van der Waals surface area contributed by atoms with E-state index in [-0.39, 0.29) is 0 Å². The van der Waals surface area contributed by atoms with Crippen LogP contribution in [0.25, 0.3) is 0 Å². The van der Waals surface area contributed by atoms with Crippen LogP contribution in [0.1, 0.15) is 50.8 Å². The van der Waals surface area contributed by atoms with E-state index in [0.29, 0.717) is 18.1 Å². The summed E-state index contributed by atoms with van der Waals surface area (Å²) in [6.07, 6.45) is 9.05. The monoisotopic (exact) mass is 263 g/mol. The Bertz CT molecular complexity index is 398. The molecule has 2 atom stereocenters. The van der Waals surface area contributed by atoms with Crippen LogP contribution in [0.4, 0.5) is 0 Å². The molecule has 2 unspecified atom stereocenters. The summed E-state index contributed by atoms with van der Waals surface area (Å²) in [5.41, 5.74) is 1.17. The Morgan fingerprint density at radius 2 is 2.21 bits per heavy atom. The Morgan fingerprint density at radius 1 is 1.37 bits per heavy atom. The zero-order valence-corrected chi connectivity index (χ0v) is 11.8. The highest BCUT2D eigenvalue weighted by Gasteiger charge is 2.23. The van der Waals surface area contributed by atoms with E-state index in [0.717, 1.165) is 19.7 Å². The Hall–Kier alpha value is -0.870. The average molecular weight is 263 g/mol. The van der Waals surface area contributed by atoms with Crippen LogP contribution in [0.5, 0.6) is 0 Å². The summed E-state index contributed by atoms with van der Waals surface area (Å²) in [4.78, 5) is 0. The van der Waals surface area contributed by atoms with Gasteiger partial charge in [0.15, 0.2) is 0 Å². The molecular weight excluding hydrogens is 238 g/mol. The zero-order chi connectivity index (χ0) is 13.1. The molecule has 4 nitrogen and oxygen atoms in total. The molecule has 2 fully saturated rings. The van der Waals surface area contributed by atoms with E-state index in [4.69, 9.17) is 9.84 Å². The third-order valence-corrected chi connectivity index (χ3v) is 4.61. The summed E-state index contributed by atoms with van der Waals surface area (Å²) in [5, 5.41) is 8.22. The highest BCUT2D eigenvalue weighted by atomic mass is 16.5. The summed E-state index contributed by atoms with van der Waals surface area (Å²) >= 11 is 0. The van der Waals surface area contributed by atoms with Crippen molar-refractivity contribution in [3.63, 3.8) is 0 Å². The van der Waals surface area contributed by atoms with Crippen molar-refractivity contribution >= 4 is 0 Å². The predicted molar refractivity (Wildman–Crippen MR) is 75.0 cm³/mol. The van der Waals surface area contributed by atoms with E-state index in [1.54, 1.807) is 0 Å². The van der Waals surface area contributed by atoms with Gasteiger partial charge in [-0.25, -0.2) is 0 Å². The van der Waals surface area contributed by atoms with Gasteiger partial charge in [0.25, 0.3) is 0 Å².